The lowest BCUT2D eigenvalue weighted by Gasteiger charge is -2.36. The molecule has 1 fully saturated rings. The third kappa shape index (κ3) is 3.11. The van der Waals surface area contributed by atoms with E-state index in [-0.39, 0.29) is 12.5 Å². The summed E-state index contributed by atoms with van der Waals surface area (Å²) in [6.07, 6.45) is 0.519. The van der Waals surface area contributed by atoms with E-state index < -0.39 is 12.3 Å². The zero-order valence-electron chi connectivity index (χ0n) is 16.5. The molecule has 1 N–H and O–H groups in total. The zero-order chi connectivity index (χ0) is 20.1. The van der Waals surface area contributed by atoms with Crippen molar-refractivity contribution in [2.24, 2.45) is 0 Å². The third-order valence-electron chi connectivity index (χ3n) is 6.05. The SMILES string of the molecule is Cc1c(N2CCC(Oc3cnc4c(c3)COC4)[C@@H](F)C2)nc2c(c1C)C(=O)NC2. The molecule has 0 spiro atoms. The lowest BCUT2D eigenvalue weighted by molar-refractivity contribution is 0.0814. The van der Waals surface area contributed by atoms with Crippen molar-refractivity contribution in [1.29, 1.82) is 0 Å². The average molecular weight is 398 g/mol. The fourth-order valence-electron chi connectivity index (χ4n) is 4.31. The van der Waals surface area contributed by atoms with Gasteiger partial charge in [0, 0.05) is 18.5 Å². The fraction of sp³-hybridized carbons (Fsp3) is 0.476. The van der Waals surface area contributed by atoms with Gasteiger partial charge in [0.15, 0.2) is 6.17 Å². The van der Waals surface area contributed by atoms with Crippen molar-refractivity contribution in [3.63, 3.8) is 0 Å². The molecule has 3 aliphatic heterocycles. The number of hydrogen-bond acceptors (Lipinski definition) is 6. The number of hydrogen-bond donors (Lipinski definition) is 1. The number of aromatic nitrogens is 2. The molecule has 0 aromatic carbocycles. The summed E-state index contributed by atoms with van der Waals surface area (Å²) in [6, 6.07) is 1.90. The molecule has 0 radical (unpaired) electrons. The number of amides is 1. The van der Waals surface area contributed by atoms with Crippen LogP contribution < -0.4 is 15.0 Å². The van der Waals surface area contributed by atoms with E-state index in [4.69, 9.17) is 9.47 Å². The van der Waals surface area contributed by atoms with Crippen LogP contribution in [0.25, 0.3) is 0 Å². The standard InChI is InChI=1S/C21H23FN4O3/c1-11-12(2)20(25-16-7-24-21(27)19(11)16)26-4-3-18(15(22)8-26)29-14-5-13-9-28-10-17(13)23-6-14/h5-6,15,18H,3-4,7-10H2,1-2H3,(H,24,27)/t15-,18?/m0/s1. The van der Waals surface area contributed by atoms with Crippen molar-refractivity contribution in [2.75, 3.05) is 18.0 Å². The predicted molar refractivity (Wildman–Crippen MR) is 104 cm³/mol. The highest BCUT2D eigenvalue weighted by molar-refractivity contribution is 5.99. The van der Waals surface area contributed by atoms with Crippen LogP contribution in [-0.2, 0) is 24.5 Å². The van der Waals surface area contributed by atoms with Crippen LogP contribution in [0.5, 0.6) is 5.75 Å². The first-order chi connectivity index (χ1) is 14.0. The molecule has 5 heterocycles. The lowest BCUT2D eigenvalue weighted by Crippen LogP contribution is -2.47. The van der Waals surface area contributed by atoms with E-state index >= 15 is 4.39 Å². The number of ether oxygens (including phenoxy) is 2. The molecule has 3 aliphatic rings. The van der Waals surface area contributed by atoms with Gasteiger partial charge in [-0.15, -0.1) is 0 Å². The maximum Gasteiger partial charge on any atom is 0.253 e. The number of rotatable bonds is 3. The highest BCUT2D eigenvalue weighted by Crippen LogP contribution is 2.31. The third-order valence-corrected chi connectivity index (χ3v) is 6.05. The van der Waals surface area contributed by atoms with Crippen LogP contribution in [0.3, 0.4) is 0 Å². The van der Waals surface area contributed by atoms with Crippen LogP contribution >= 0.6 is 0 Å². The molecule has 1 amide bonds. The van der Waals surface area contributed by atoms with Crippen LogP contribution in [0.15, 0.2) is 12.3 Å². The number of piperidine rings is 1. The molecule has 29 heavy (non-hydrogen) atoms. The molecule has 2 aromatic rings. The molecule has 8 heteroatoms. The number of fused-ring (bicyclic) bond motifs is 2. The van der Waals surface area contributed by atoms with Gasteiger partial charge in [0.05, 0.1) is 49.5 Å². The maximum atomic E-state index is 15.0. The highest BCUT2D eigenvalue weighted by atomic mass is 19.1. The predicted octanol–water partition coefficient (Wildman–Crippen LogP) is 2.36. The summed E-state index contributed by atoms with van der Waals surface area (Å²) in [5.41, 5.74) is 5.18. The molecular formula is C21H23FN4O3. The number of carbonyl (C=O) groups excluding carboxylic acids is 1. The molecule has 1 saturated heterocycles. The lowest BCUT2D eigenvalue weighted by atomic mass is 10.0. The number of halogens is 1. The minimum Gasteiger partial charge on any atom is -0.486 e. The Morgan fingerprint density at radius 1 is 1.28 bits per heavy atom. The average Bonchev–Trinajstić information content (AvgIpc) is 3.32. The van der Waals surface area contributed by atoms with E-state index in [0.717, 1.165) is 33.9 Å². The van der Waals surface area contributed by atoms with Crippen LogP contribution in [-0.4, -0.2) is 41.2 Å². The van der Waals surface area contributed by atoms with Crippen LogP contribution in [0.1, 0.15) is 44.9 Å². The van der Waals surface area contributed by atoms with E-state index in [1.54, 1.807) is 6.20 Å². The number of carbonyl (C=O) groups is 1. The molecule has 2 aromatic heterocycles. The summed E-state index contributed by atoms with van der Waals surface area (Å²) in [6.45, 7) is 6.19. The number of anilines is 1. The van der Waals surface area contributed by atoms with Crippen LogP contribution in [0.4, 0.5) is 10.2 Å². The monoisotopic (exact) mass is 398 g/mol. The molecule has 2 atom stereocenters. The van der Waals surface area contributed by atoms with E-state index in [1.807, 2.05) is 24.8 Å². The first-order valence-electron chi connectivity index (χ1n) is 9.90. The summed E-state index contributed by atoms with van der Waals surface area (Å²) in [5, 5.41) is 2.82. The Bertz CT molecular complexity index is 996. The van der Waals surface area contributed by atoms with Gasteiger partial charge in [0.1, 0.15) is 17.7 Å². The Morgan fingerprint density at radius 3 is 2.97 bits per heavy atom. The first-order valence-corrected chi connectivity index (χ1v) is 9.90. The first kappa shape index (κ1) is 18.3. The van der Waals surface area contributed by atoms with Gasteiger partial charge in [-0.05, 0) is 31.0 Å². The molecule has 1 unspecified atom stereocenters. The van der Waals surface area contributed by atoms with Crippen molar-refractivity contribution < 1.29 is 18.7 Å². The van der Waals surface area contributed by atoms with Gasteiger partial charge in [0.25, 0.3) is 5.91 Å². The van der Waals surface area contributed by atoms with Crippen molar-refractivity contribution >= 4 is 11.7 Å². The number of pyridine rings is 2. The van der Waals surface area contributed by atoms with Crippen molar-refractivity contribution in [2.45, 2.75) is 52.3 Å². The number of nitrogens with one attached hydrogen (secondary N) is 1. The van der Waals surface area contributed by atoms with E-state index in [9.17, 15) is 4.79 Å². The second-order valence-corrected chi connectivity index (χ2v) is 7.87. The minimum absolute atomic E-state index is 0.0801. The summed E-state index contributed by atoms with van der Waals surface area (Å²) in [7, 11) is 0. The normalized spacial score (nSPS) is 23.0. The topological polar surface area (TPSA) is 76.6 Å². The Labute approximate surface area is 168 Å². The summed E-state index contributed by atoms with van der Waals surface area (Å²) in [4.78, 5) is 23.0. The molecular weight excluding hydrogens is 375 g/mol. The van der Waals surface area contributed by atoms with Crippen molar-refractivity contribution in [1.82, 2.24) is 15.3 Å². The number of nitrogens with zero attached hydrogens (tertiary/aromatic N) is 3. The van der Waals surface area contributed by atoms with Gasteiger partial charge in [-0.25, -0.2) is 9.37 Å². The molecule has 7 nitrogen and oxygen atoms in total. The van der Waals surface area contributed by atoms with Gasteiger partial charge < -0.3 is 19.7 Å². The zero-order valence-corrected chi connectivity index (χ0v) is 16.5. The van der Waals surface area contributed by atoms with Crippen LogP contribution in [0.2, 0.25) is 0 Å². The van der Waals surface area contributed by atoms with Crippen molar-refractivity contribution in [3.05, 3.63) is 45.9 Å². The van der Waals surface area contributed by atoms with Crippen molar-refractivity contribution in [3.8, 4) is 5.75 Å². The highest BCUT2D eigenvalue weighted by Gasteiger charge is 2.34. The van der Waals surface area contributed by atoms with Gasteiger partial charge in [-0.1, -0.05) is 0 Å². The van der Waals surface area contributed by atoms with Gasteiger partial charge >= 0.3 is 0 Å². The Balaban J connectivity index is 1.32. The fourth-order valence-corrected chi connectivity index (χ4v) is 4.31. The number of alkyl halides is 1. The van der Waals surface area contributed by atoms with E-state index in [2.05, 4.69) is 15.3 Å². The van der Waals surface area contributed by atoms with Gasteiger partial charge in [-0.3, -0.25) is 9.78 Å². The molecule has 0 aliphatic carbocycles. The Kier molecular flexibility index (Phi) is 4.38. The Morgan fingerprint density at radius 2 is 2.14 bits per heavy atom. The quantitative estimate of drug-likeness (QED) is 0.856. The molecule has 5 rings (SSSR count). The molecule has 152 valence electrons. The largest absolute Gasteiger partial charge is 0.486 e. The minimum atomic E-state index is -1.15. The van der Waals surface area contributed by atoms with Gasteiger partial charge in [0.2, 0.25) is 0 Å². The summed E-state index contributed by atoms with van der Waals surface area (Å²) >= 11 is 0. The summed E-state index contributed by atoms with van der Waals surface area (Å²) in [5.74, 6) is 1.27. The van der Waals surface area contributed by atoms with E-state index in [1.165, 1.54) is 0 Å². The maximum absolute atomic E-state index is 15.0. The summed E-state index contributed by atoms with van der Waals surface area (Å²) < 4.78 is 26.3. The van der Waals surface area contributed by atoms with Crippen LogP contribution in [0, 0.1) is 13.8 Å². The second kappa shape index (κ2) is 6.95. The molecule has 0 saturated carbocycles. The smallest absolute Gasteiger partial charge is 0.253 e. The van der Waals surface area contributed by atoms with Gasteiger partial charge in [-0.2, -0.15) is 0 Å². The second-order valence-electron chi connectivity index (χ2n) is 7.87. The molecule has 0 bridgehead atoms. The Hall–Kier alpha value is -2.74. The van der Waals surface area contributed by atoms with E-state index in [0.29, 0.717) is 44.0 Å².